The number of benzene rings is 1. The van der Waals surface area contributed by atoms with Crippen LogP contribution in [0, 0.1) is 5.92 Å². The normalized spacial score (nSPS) is 18.8. The topological polar surface area (TPSA) is 118 Å². The lowest BCUT2D eigenvalue weighted by molar-refractivity contribution is -0.118. The number of halogens is 2. The SMILES string of the molecule is COc1ccc2ccc(=O)n(CCN3C[C@@H](CNCc4ccc5c(n4)NC(=O)CO5)[C@@H](O)C3)c2c1.Cl.Cl. The molecule has 0 radical (unpaired) electrons. The number of nitrogens with one attached hydrogen (secondary N) is 2. The van der Waals surface area contributed by atoms with Gasteiger partial charge in [0.1, 0.15) is 5.75 Å². The monoisotopic (exact) mass is 551 g/mol. The summed E-state index contributed by atoms with van der Waals surface area (Å²) in [4.78, 5) is 30.7. The molecule has 200 valence electrons. The van der Waals surface area contributed by atoms with Gasteiger partial charge in [0.25, 0.3) is 11.5 Å². The molecule has 2 aliphatic heterocycles. The van der Waals surface area contributed by atoms with Crippen molar-refractivity contribution in [2.75, 3.05) is 45.2 Å². The number of aliphatic hydroxyl groups is 1. The van der Waals surface area contributed by atoms with Crippen LogP contribution in [0.3, 0.4) is 0 Å². The number of hydrogen-bond donors (Lipinski definition) is 3. The van der Waals surface area contributed by atoms with Crippen molar-refractivity contribution in [2.45, 2.75) is 19.2 Å². The van der Waals surface area contributed by atoms with Gasteiger partial charge >= 0.3 is 0 Å². The molecule has 0 bridgehead atoms. The van der Waals surface area contributed by atoms with Gasteiger partial charge in [-0.2, -0.15) is 0 Å². The predicted octanol–water partition coefficient (Wildman–Crippen LogP) is 1.66. The van der Waals surface area contributed by atoms with Crippen LogP contribution in [0.25, 0.3) is 10.9 Å². The molecular formula is C25H31Cl2N5O5. The van der Waals surface area contributed by atoms with Gasteiger partial charge in [0.2, 0.25) is 0 Å². The van der Waals surface area contributed by atoms with E-state index in [9.17, 15) is 14.7 Å². The van der Waals surface area contributed by atoms with Crippen LogP contribution in [-0.2, 0) is 17.9 Å². The highest BCUT2D eigenvalue weighted by Crippen LogP contribution is 2.25. The number of nitrogens with zero attached hydrogens (tertiary/aromatic N) is 3. The summed E-state index contributed by atoms with van der Waals surface area (Å²) in [6.45, 7) is 3.64. The van der Waals surface area contributed by atoms with Gasteiger partial charge in [0, 0.05) is 57.3 Å². The number of β-amino-alcohol motifs (C(OH)–C–C–N with tert-alkyl or cyclic N) is 1. The Hall–Kier alpha value is -2.89. The fourth-order valence-electron chi connectivity index (χ4n) is 4.68. The summed E-state index contributed by atoms with van der Waals surface area (Å²) in [5, 5.41) is 17.6. The molecule has 1 saturated heterocycles. The number of carbonyl (C=O) groups is 1. The second-order valence-corrected chi connectivity index (χ2v) is 8.95. The molecule has 5 rings (SSSR count). The van der Waals surface area contributed by atoms with Crippen molar-refractivity contribution in [1.82, 2.24) is 19.8 Å². The molecule has 12 heteroatoms. The Morgan fingerprint density at radius 3 is 2.76 bits per heavy atom. The summed E-state index contributed by atoms with van der Waals surface area (Å²) >= 11 is 0. The molecule has 3 N–H and O–H groups in total. The van der Waals surface area contributed by atoms with Crippen molar-refractivity contribution in [2.24, 2.45) is 5.92 Å². The number of pyridine rings is 2. The van der Waals surface area contributed by atoms with Crippen LogP contribution >= 0.6 is 24.8 Å². The number of anilines is 1. The summed E-state index contributed by atoms with van der Waals surface area (Å²) < 4.78 is 12.4. The van der Waals surface area contributed by atoms with E-state index < -0.39 is 6.10 Å². The van der Waals surface area contributed by atoms with Crippen LogP contribution in [0.15, 0.2) is 47.3 Å². The average molecular weight is 552 g/mol. The summed E-state index contributed by atoms with van der Waals surface area (Å²) in [5.41, 5.74) is 1.57. The van der Waals surface area contributed by atoms with Gasteiger partial charge in [-0.05, 0) is 35.7 Å². The van der Waals surface area contributed by atoms with Crippen LogP contribution in [-0.4, -0.2) is 71.5 Å². The van der Waals surface area contributed by atoms with Crippen LogP contribution in [0.2, 0.25) is 0 Å². The number of fused-ring (bicyclic) bond motifs is 2. The number of aliphatic hydroxyl groups excluding tert-OH is 1. The lowest BCUT2D eigenvalue weighted by Crippen LogP contribution is -2.31. The molecule has 0 unspecified atom stereocenters. The van der Waals surface area contributed by atoms with Gasteiger partial charge in [-0.15, -0.1) is 24.8 Å². The molecule has 2 aromatic heterocycles. The lowest BCUT2D eigenvalue weighted by Gasteiger charge is -2.19. The molecule has 1 aromatic carbocycles. The number of carbonyl (C=O) groups excluding carboxylic acids is 1. The molecule has 4 heterocycles. The maximum Gasteiger partial charge on any atom is 0.263 e. The van der Waals surface area contributed by atoms with Crippen LogP contribution in [0.4, 0.5) is 5.82 Å². The maximum absolute atomic E-state index is 12.6. The maximum atomic E-state index is 12.6. The van der Waals surface area contributed by atoms with Crippen LogP contribution < -0.4 is 25.7 Å². The molecule has 3 aromatic rings. The first-order chi connectivity index (χ1) is 17.0. The fourth-order valence-corrected chi connectivity index (χ4v) is 4.68. The zero-order valence-corrected chi connectivity index (χ0v) is 22.0. The quantitative estimate of drug-likeness (QED) is 0.387. The fraction of sp³-hybridized carbons (Fsp3) is 0.400. The van der Waals surface area contributed by atoms with E-state index in [2.05, 4.69) is 20.5 Å². The average Bonchev–Trinajstić information content (AvgIpc) is 3.21. The van der Waals surface area contributed by atoms with Crippen LogP contribution in [0.5, 0.6) is 11.5 Å². The molecule has 2 atom stereocenters. The Kier molecular flexibility index (Phi) is 9.74. The lowest BCUT2D eigenvalue weighted by atomic mass is 10.1. The minimum Gasteiger partial charge on any atom is -0.497 e. The summed E-state index contributed by atoms with van der Waals surface area (Å²) in [5.74, 6) is 1.57. The predicted molar refractivity (Wildman–Crippen MR) is 145 cm³/mol. The third-order valence-corrected chi connectivity index (χ3v) is 6.57. The number of hydrogen-bond acceptors (Lipinski definition) is 8. The van der Waals surface area contributed by atoms with Gasteiger partial charge < -0.3 is 29.8 Å². The molecule has 0 saturated carbocycles. The molecule has 0 spiro atoms. The molecule has 0 aliphatic carbocycles. The first-order valence-electron chi connectivity index (χ1n) is 11.7. The zero-order chi connectivity index (χ0) is 24.4. The number of likely N-dealkylation sites (tertiary alicyclic amines) is 1. The van der Waals surface area contributed by atoms with Crippen molar-refractivity contribution in [1.29, 1.82) is 0 Å². The molecule has 1 amide bonds. The van der Waals surface area contributed by atoms with Crippen molar-refractivity contribution < 1.29 is 19.4 Å². The van der Waals surface area contributed by atoms with Gasteiger partial charge in [-0.25, -0.2) is 4.98 Å². The largest absolute Gasteiger partial charge is 0.497 e. The van der Waals surface area contributed by atoms with Gasteiger partial charge in [0.05, 0.1) is 24.4 Å². The highest BCUT2D eigenvalue weighted by Gasteiger charge is 2.30. The second kappa shape index (κ2) is 12.6. The van der Waals surface area contributed by atoms with E-state index >= 15 is 0 Å². The Balaban J connectivity index is 0.00000190. The van der Waals surface area contributed by atoms with E-state index in [4.69, 9.17) is 9.47 Å². The standard InChI is InChI=1S/C25H29N5O5.2ClH/c1-34-19-5-2-16-3-7-24(33)30(20(16)10-19)9-8-29-13-17(21(31)14-29)11-26-12-18-4-6-22-25(27-18)28-23(32)15-35-22;;/h2-7,10,17,21,26,31H,8-9,11-15H2,1H3,(H,27,28,32);2*1H/t17-,21+;;/m1../s1. The zero-order valence-electron chi connectivity index (χ0n) is 20.4. The minimum atomic E-state index is -0.448. The van der Waals surface area contributed by atoms with E-state index in [1.165, 1.54) is 0 Å². The van der Waals surface area contributed by atoms with Crippen molar-refractivity contribution in [3.63, 3.8) is 0 Å². The minimum absolute atomic E-state index is 0. The Bertz CT molecular complexity index is 1300. The third kappa shape index (κ3) is 6.52. The van der Waals surface area contributed by atoms with Gasteiger partial charge in [-0.1, -0.05) is 0 Å². The van der Waals surface area contributed by atoms with E-state index in [1.54, 1.807) is 23.8 Å². The van der Waals surface area contributed by atoms with Gasteiger partial charge in [-0.3, -0.25) is 14.5 Å². The van der Waals surface area contributed by atoms with Crippen molar-refractivity contribution >= 4 is 47.4 Å². The molecule has 10 nitrogen and oxygen atoms in total. The van der Waals surface area contributed by atoms with Crippen LogP contribution in [0.1, 0.15) is 5.69 Å². The van der Waals surface area contributed by atoms with Crippen molar-refractivity contribution in [3.8, 4) is 11.5 Å². The Labute approximate surface area is 226 Å². The third-order valence-electron chi connectivity index (χ3n) is 6.57. The summed E-state index contributed by atoms with van der Waals surface area (Å²) in [7, 11) is 1.61. The number of rotatable bonds is 8. The summed E-state index contributed by atoms with van der Waals surface area (Å²) in [6.07, 6.45) is -0.448. The molecule has 37 heavy (non-hydrogen) atoms. The number of ether oxygens (including phenoxy) is 2. The van der Waals surface area contributed by atoms with Gasteiger partial charge in [0.15, 0.2) is 18.2 Å². The van der Waals surface area contributed by atoms with E-state index in [0.717, 1.165) is 23.1 Å². The molecule has 1 fully saturated rings. The number of methoxy groups -OCH3 is 1. The highest BCUT2D eigenvalue weighted by atomic mass is 35.5. The first kappa shape index (κ1) is 28.7. The second-order valence-electron chi connectivity index (χ2n) is 8.95. The smallest absolute Gasteiger partial charge is 0.263 e. The highest BCUT2D eigenvalue weighted by molar-refractivity contribution is 5.94. The summed E-state index contributed by atoms with van der Waals surface area (Å²) in [6, 6.07) is 12.8. The molecular weight excluding hydrogens is 521 g/mol. The number of amides is 1. The van der Waals surface area contributed by atoms with E-state index in [0.29, 0.717) is 50.0 Å². The number of aromatic nitrogens is 2. The van der Waals surface area contributed by atoms with E-state index in [1.807, 2.05) is 30.3 Å². The van der Waals surface area contributed by atoms with E-state index in [-0.39, 0.29) is 48.8 Å². The van der Waals surface area contributed by atoms with Crippen molar-refractivity contribution in [3.05, 3.63) is 58.5 Å². The Morgan fingerprint density at radius 2 is 1.95 bits per heavy atom. The first-order valence-corrected chi connectivity index (χ1v) is 11.7. The Morgan fingerprint density at radius 1 is 1.14 bits per heavy atom. The molecule has 2 aliphatic rings.